The van der Waals surface area contributed by atoms with Crippen LogP contribution in [-0.2, 0) is 11.2 Å². The van der Waals surface area contributed by atoms with Gasteiger partial charge in [0.1, 0.15) is 5.75 Å². The number of rotatable bonds is 4. The Kier molecular flexibility index (Phi) is 4.47. The van der Waals surface area contributed by atoms with Crippen LogP contribution in [0.4, 0.5) is 11.4 Å². The van der Waals surface area contributed by atoms with Crippen molar-refractivity contribution in [1.29, 1.82) is 0 Å². The number of benzene rings is 2. The summed E-state index contributed by atoms with van der Waals surface area (Å²) in [5.41, 5.74) is 9.69. The van der Waals surface area contributed by atoms with Crippen molar-refractivity contribution >= 4 is 17.3 Å². The minimum Gasteiger partial charge on any atom is -0.478 e. The fraction of sp³-hybridized carbons (Fsp3) is 0.350. The molecule has 1 amide bonds. The number of hydrogen-bond donors (Lipinski definition) is 1. The fourth-order valence-corrected chi connectivity index (χ4v) is 3.28. The van der Waals surface area contributed by atoms with Crippen LogP contribution in [0.3, 0.4) is 0 Å². The molecular weight excluding hydrogens is 300 g/mol. The standard InChI is InChI=1S/C20H24N2O2/c1-4-22-17-12-15(21)9-10-18(17)24-19(20(22)23)11-14-7-5-6-8-16(14)13(2)3/h5-10,12-13,19H,4,11,21H2,1-3H3. The number of hydrogen-bond acceptors (Lipinski definition) is 3. The number of nitrogens with two attached hydrogens (primary N) is 1. The van der Waals surface area contributed by atoms with Gasteiger partial charge in [-0.25, -0.2) is 0 Å². The molecule has 24 heavy (non-hydrogen) atoms. The van der Waals surface area contributed by atoms with Gasteiger partial charge in [-0.1, -0.05) is 38.1 Å². The summed E-state index contributed by atoms with van der Waals surface area (Å²) in [5, 5.41) is 0. The molecule has 0 aromatic heterocycles. The van der Waals surface area contributed by atoms with E-state index in [1.54, 1.807) is 11.0 Å². The Morgan fingerprint density at radius 3 is 2.67 bits per heavy atom. The minimum atomic E-state index is -0.499. The van der Waals surface area contributed by atoms with Crippen LogP contribution in [0.5, 0.6) is 5.75 Å². The first-order chi connectivity index (χ1) is 11.5. The summed E-state index contributed by atoms with van der Waals surface area (Å²) >= 11 is 0. The molecule has 3 rings (SSSR count). The number of amides is 1. The first-order valence-corrected chi connectivity index (χ1v) is 8.46. The lowest BCUT2D eigenvalue weighted by atomic mass is 9.93. The van der Waals surface area contributed by atoms with Crippen LogP contribution in [0.1, 0.15) is 37.8 Å². The summed E-state index contributed by atoms with van der Waals surface area (Å²) in [6, 6.07) is 13.7. The molecule has 0 aliphatic carbocycles. The Hall–Kier alpha value is -2.49. The second-order valence-corrected chi connectivity index (χ2v) is 6.47. The van der Waals surface area contributed by atoms with Crippen LogP contribution >= 0.6 is 0 Å². The lowest BCUT2D eigenvalue weighted by Crippen LogP contribution is -2.47. The molecular formula is C20H24N2O2. The summed E-state index contributed by atoms with van der Waals surface area (Å²) in [6.45, 7) is 6.90. The zero-order chi connectivity index (χ0) is 17.3. The number of nitrogens with zero attached hydrogens (tertiary/aromatic N) is 1. The van der Waals surface area contributed by atoms with Gasteiger partial charge in [-0.2, -0.15) is 0 Å². The van der Waals surface area contributed by atoms with E-state index in [4.69, 9.17) is 10.5 Å². The largest absolute Gasteiger partial charge is 0.478 e. The lowest BCUT2D eigenvalue weighted by molar-refractivity contribution is -0.126. The number of likely N-dealkylation sites (N-methyl/N-ethyl adjacent to an activating group) is 1. The summed E-state index contributed by atoms with van der Waals surface area (Å²) in [6.07, 6.45) is 0.0778. The van der Waals surface area contributed by atoms with Gasteiger partial charge >= 0.3 is 0 Å². The van der Waals surface area contributed by atoms with E-state index in [0.29, 0.717) is 24.6 Å². The second kappa shape index (κ2) is 6.56. The highest BCUT2D eigenvalue weighted by atomic mass is 16.5. The Morgan fingerprint density at radius 1 is 1.21 bits per heavy atom. The van der Waals surface area contributed by atoms with Gasteiger partial charge in [0.15, 0.2) is 6.10 Å². The molecule has 1 aliphatic heterocycles. The molecule has 0 saturated heterocycles. The summed E-state index contributed by atoms with van der Waals surface area (Å²) in [5.74, 6) is 1.13. The Balaban J connectivity index is 1.93. The molecule has 2 aromatic rings. The zero-order valence-electron chi connectivity index (χ0n) is 14.5. The minimum absolute atomic E-state index is 0.00541. The van der Waals surface area contributed by atoms with Gasteiger partial charge < -0.3 is 15.4 Å². The van der Waals surface area contributed by atoms with Crippen LogP contribution in [0.15, 0.2) is 42.5 Å². The van der Waals surface area contributed by atoms with Gasteiger partial charge in [0.2, 0.25) is 0 Å². The molecule has 1 aliphatic rings. The highest BCUT2D eigenvalue weighted by molar-refractivity contribution is 6.00. The average Bonchev–Trinajstić information content (AvgIpc) is 2.56. The van der Waals surface area contributed by atoms with Crippen molar-refractivity contribution < 1.29 is 9.53 Å². The average molecular weight is 324 g/mol. The molecule has 0 radical (unpaired) electrons. The molecule has 0 fully saturated rings. The fourth-order valence-electron chi connectivity index (χ4n) is 3.28. The molecule has 2 N–H and O–H groups in total. The van der Waals surface area contributed by atoms with E-state index >= 15 is 0 Å². The van der Waals surface area contributed by atoms with Gasteiger partial charge in [-0.05, 0) is 42.2 Å². The highest BCUT2D eigenvalue weighted by Crippen LogP contribution is 2.36. The lowest BCUT2D eigenvalue weighted by Gasteiger charge is -2.34. The van der Waals surface area contributed by atoms with E-state index in [1.165, 1.54) is 11.1 Å². The van der Waals surface area contributed by atoms with E-state index in [9.17, 15) is 4.79 Å². The van der Waals surface area contributed by atoms with Gasteiger partial charge in [-0.3, -0.25) is 4.79 Å². The topological polar surface area (TPSA) is 55.6 Å². The van der Waals surface area contributed by atoms with Crippen LogP contribution in [0.2, 0.25) is 0 Å². The van der Waals surface area contributed by atoms with E-state index in [-0.39, 0.29) is 5.91 Å². The van der Waals surface area contributed by atoms with E-state index < -0.39 is 6.10 Å². The second-order valence-electron chi connectivity index (χ2n) is 6.47. The first kappa shape index (κ1) is 16.4. The Labute approximate surface area is 143 Å². The third kappa shape index (κ3) is 2.96. The van der Waals surface area contributed by atoms with E-state index in [2.05, 4.69) is 26.0 Å². The van der Waals surface area contributed by atoms with Crippen molar-refractivity contribution in [2.24, 2.45) is 0 Å². The smallest absolute Gasteiger partial charge is 0.268 e. The van der Waals surface area contributed by atoms with E-state index in [1.807, 2.05) is 31.2 Å². The molecule has 4 nitrogen and oxygen atoms in total. The van der Waals surface area contributed by atoms with Gasteiger partial charge in [0, 0.05) is 18.7 Å². The molecule has 0 saturated carbocycles. The Morgan fingerprint density at radius 2 is 1.96 bits per heavy atom. The first-order valence-electron chi connectivity index (χ1n) is 8.46. The molecule has 2 aromatic carbocycles. The van der Waals surface area contributed by atoms with Gasteiger partial charge in [0.05, 0.1) is 5.69 Å². The summed E-state index contributed by atoms with van der Waals surface area (Å²) in [4.78, 5) is 14.6. The van der Waals surface area contributed by atoms with Crippen molar-refractivity contribution in [2.45, 2.75) is 39.2 Å². The van der Waals surface area contributed by atoms with Crippen LogP contribution in [0.25, 0.3) is 0 Å². The van der Waals surface area contributed by atoms with Crippen molar-refractivity contribution in [2.75, 3.05) is 17.2 Å². The maximum atomic E-state index is 12.9. The predicted octanol–water partition coefficient (Wildman–Crippen LogP) is 3.75. The summed E-state index contributed by atoms with van der Waals surface area (Å²) < 4.78 is 6.02. The normalized spacial score (nSPS) is 16.9. The molecule has 1 heterocycles. The number of anilines is 2. The zero-order valence-corrected chi connectivity index (χ0v) is 14.5. The molecule has 126 valence electrons. The number of carbonyl (C=O) groups excluding carboxylic acids is 1. The molecule has 1 atom stereocenters. The van der Waals surface area contributed by atoms with Crippen molar-refractivity contribution in [3.63, 3.8) is 0 Å². The number of ether oxygens (including phenoxy) is 1. The third-order valence-electron chi connectivity index (χ3n) is 4.48. The predicted molar refractivity (Wildman–Crippen MR) is 97.5 cm³/mol. The van der Waals surface area contributed by atoms with Crippen LogP contribution in [-0.4, -0.2) is 18.6 Å². The van der Waals surface area contributed by atoms with Crippen molar-refractivity contribution in [3.8, 4) is 5.75 Å². The SMILES string of the molecule is CCN1C(=O)C(Cc2ccccc2C(C)C)Oc2ccc(N)cc21. The maximum Gasteiger partial charge on any atom is 0.268 e. The third-order valence-corrected chi connectivity index (χ3v) is 4.48. The van der Waals surface area contributed by atoms with Gasteiger partial charge in [-0.15, -0.1) is 0 Å². The molecule has 4 heteroatoms. The van der Waals surface area contributed by atoms with Crippen LogP contribution in [0, 0.1) is 0 Å². The maximum absolute atomic E-state index is 12.9. The molecule has 0 spiro atoms. The summed E-state index contributed by atoms with van der Waals surface area (Å²) in [7, 11) is 0. The quantitative estimate of drug-likeness (QED) is 0.872. The van der Waals surface area contributed by atoms with E-state index in [0.717, 1.165) is 11.4 Å². The monoisotopic (exact) mass is 324 g/mol. The van der Waals surface area contributed by atoms with Crippen molar-refractivity contribution in [3.05, 3.63) is 53.6 Å². The van der Waals surface area contributed by atoms with Crippen LogP contribution < -0.4 is 15.4 Å². The molecule has 0 bridgehead atoms. The number of carbonyl (C=O) groups is 1. The Bertz CT molecular complexity index is 755. The molecule has 1 unspecified atom stereocenters. The van der Waals surface area contributed by atoms with Crippen molar-refractivity contribution in [1.82, 2.24) is 0 Å². The number of nitrogen functional groups attached to an aromatic ring is 1. The highest BCUT2D eigenvalue weighted by Gasteiger charge is 2.34. The number of fused-ring (bicyclic) bond motifs is 1. The van der Waals surface area contributed by atoms with Gasteiger partial charge in [0.25, 0.3) is 5.91 Å².